The second kappa shape index (κ2) is 6.84. The second-order valence-corrected chi connectivity index (χ2v) is 6.95. The van der Waals surface area contributed by atoms with Gasteiger partial charge in [-0.1, -0.05) is 6.07 Å². The van der Waals surface area contributed by atoms with E-state index in [2.05, 4.69) is 4.72 Å². The lowest BCUT2D eigenvalue weighted by atomic mass is 10.2. The van der Waals surface area contributed by atoms with Crippen molar-refractivity contribution in [2.75, 3.05) is 6.61 Å². The van der Waals surface area contributed by atoms with Gasteiger partial charge in [0.05, 0.1) is 17.1 Å². The third-order valence-corrected chi connectivity index (χ3v) is 4.99. The topological polar surface area (TPSA) is 72.5 Å². The highest BCUT2D eigenvalue weighted by atomic mass is 32.2. The SMILES string of the molecule is CCOC(=O)c1ccc(S(=O)(=O)NCc2cccs2)cc1. The van der Waals surface area contributed by atoms with E-state index in [0.717, 1.165) is 4.88 Å². The number of esters is 1. The zero-order valence-corrected chi connectivity index (χ0v) is 13.0. The second-order valence-electron chi connectivity index (χ2n) is 4.15. The largest absolute Gasteiger partial charge is 0.462 e. The fourth-order valence-electron chi connectivity index (χ4n) is 1.65. The molecule has 0 bridgehead atoms. The average Bonchev–Trinajstić information content (AvgIpc) is 2.99. The summed E-state index contributed by atoms with van der Waals surface area (Å²) in [6.45, 7) is 2.24. The number of thiophene rings is 1. The third-order valence-electron chi connectivity index (χ3n) is 2.69. The standard InChI is InChI=1S/C14H15NO4S2/c1-2-19-14(16)11-5-7-13(8-6-11)21(17,18)15-10-12-4-3-9-20-12/h3-9,15H,2,10H2,1H3. The Hall–Kier alpha value is -1.70. The highest BCUT2D eigenvalue weighted by molar-refractivity contribution is 7.89. The Kier molecular flexibility index (Phi) is 5.11. The summed E-state index contributed by atoms with van der Waals surface area (Å²) in [5, 5.41) is 1.89. The van der Waals surface area contributed by atoms with Gasteiger partial charge in [0, 0.05) is 11.4 Å². The van der Waals surface area contributed by atoms with Gasteiger partial charge in [-0.25, -0.2) is 17.9 Å². The molecule has 0 saturated heterocycles. The average molecular weight is 325 g/mol. The van der Waals surface area contributed by atoms with Gasteiger partial charge in [-0.05, 0) is 42.6 Å². The van der Waals surface area contributed by atoms with Crippen molar-refractivity contribution in [2.45, 2.75) is 18.4 Å². The zero-order chi connectivity index (χ0) is 15.3. The smallest absolute Gasteiger partial charge is 0.338 e. The van der Waals surface area contributed by atoms with Gasteiger partial charge in [-0.15, -0.1) is 11.3 Å². The molecule has 0 spiro atoms. The van der Waals surface area contributed by atoms with E-state index in [-0.39, 0.29) is 18.0 Å². The molecule has 21 heavy (non-hydrogen) atoms. The van der Waals surface area contributed by atoms with E-state index in [0.29, 0.717) is 5.56 Å². The normalized spacial score (nSPS) is 11.3. The Bertz CT molecular complexity index is 691. The first-order valence-electron chi connectivity index (χ1n) is 6.32. The molecule has 0 aliphatic heterocycles. The number of carbonyl (C=O) groups excluding carboxylic acids is 1. The number of carbonyl (C=O) groups is 1. The summed E-state index contributed by atoms with van der Waals surface area (Å²) in [6, 6.07) is 9.39. The minimum Gasteiger partial charge on any atom is -0.462 e. The zero-order valence-electron chi connectivity index (χ0n) is 11.4. The molecule has 0 unspecified atom stereocenters. The van der Waals surface area contributed by atoms with E-state index in [4.69, 9.17) is 4.74 Å². The van der Waals surface area contributed by atoms with Crippen LogP contribution in [-0.2, 0) is 21.3 Å². The summed E-state index contributed by atoms with van der Waals surface area (Å²) in [5.74, 6) is -0.465. The Morgan fingerprint density at radius 3 is 2.52 bits per heavy atom. The van der Waals surface area contributed by atoms with E-state index < -0.39 is 16.0 Å². The predicted molar refractivity (Wildman–Crippen MR) is 80.7 cm³/mol. The van der Waals surface area contributed by atoms with Crippen molar-refractivity contribution in [3.63, 3.8) is 0 Å². The molecule has 112 valence electrons. The van der Waals surface area contributed by atoms with Gasteiger partial charge in [0.2, 0.25) is 10.0 Å². The summed E-state index contributed by atoms with van der Waals surface area (Å²) in [5.41, 5.74) is 0.328. The van der Waals surface area contributed by atoms with Crippen LogP contribution in [0.5, 0.6) is 0 Å². The van der Waals surface area contributed by atoms with Gasteiger partial charge in [0.25, 0.3) is 0 Å². The minimum atomic E-state index is -3.59. The van der Waals surface area contributed by atoms with Gasteiger partial charge >= 0.3 is 5.97 Å². The van der Waals surface area contributed by atoms with E-state index in [1.807, 2.05) is 17.5 Å². The van der Waals surface area contributed by atoms with Crippen LogP contribution >= 0.6 is 11.3 Å². The highest BCUT2D eigenvalue weighted by Crippen LogP contribution is 2.13. The van der Waals surface area contributed by atoms with E-state index in [1.165, 1.54) is 35.6 Å². The molecule has 7 heteroatoms. The number of hydrogen-bond acceptors (Lipinski definition) is 5. The summed E-state index contributed by atoms with van der Waals surface area (Å²) in [7, 11) is -3.59. The molecule has 1 aromatic heterocycles. The van der Waals surface area contributed by atoms with Crippen molar-refractivity contribution >= 4 is 27.3 Å². The molecule has 5 nitrogen and oxygen atoms in total. The van der Waals surface area contributed by atoms with Crippen LogP contribution in [0.2, 0.25) is 0 Å². The maximum atomic E-state index is 12.1. The highest BCUT2D eigenvalue weighted by Gasteiger charge is 2.15. The number of ether oxygens (including phenoxy) is 1. The monoisotopic (exact) mass is 325 g/mol. The molecule has 1 heterocycles. The van der Waals surface area contributed by atoms with Crippen molar-refractivity contribution in [1.82, 2.24) is 4.72 Å². The molecule has 0 atom stereocenters. The van der Waals surface area contributed by atoms with Crippen LogP contribution in [0.1, 0.15) is 22.2 Å². The molecular formula is C14H15NO4S2. The van der Waals surface area contributed by atoms with Gasteiger partial charge < -0.3 is 4.74 Å². The first kappa shape index (κ1) is 15.7. The predicted octanol–water partition coefficient (Wildman–Crippen LogP) is 2.40. The molecule has 1 aromatic carbocycles. The lowest BCUT2D eigenvalue weighted by molar-refractivity contribution is 0.0526. The van der Waals surface area contributed by atoms with Crippen molar-refractivity contribution in [1.29, 1.82) is 0 Å². The Morgan fingerprint density at radius 1 is 1.24 bits per heavy atom. The van der Waals surface area contributed by atoms with Gasteiger partial charge in [-0.3, -0.25) is 0 Å². The van der Waals surface area contributed by atoms with Crippen LogP contribution in [0, 0.1) is 0 Å². The summed E-state index contributed by atoms with van der Waals surface area (Å²) in [6.07, 6.45) is 0. The Balaban J connectivity index is 2.08. The van der Waals surface area contributed by atoms with E-state index in [1.54, 1.807) is 6.92 Å². The van der Waals surface area contributed by atoms with Crippen molar-refractivity contribution in [3.8, 4) is 0 Å². The molecular weight excluding hydrogens is 310 g/mol. The fraction of sp³-hybridized carbons (Fsp3) is 0.214. The van der Waals surface area contributed by atoms with Crippen LogP contribution in [0.4, 0.5) is 0 Å². The fourth-order valence-corrected chi connectivity index (χ4v) is 3.39. The first-order chi connectivity index (χ1) is 10.0. The lowest BCUT2D eigenvalue weighted by Gasteiger charge is -2.07. The molecule has 2 aromatic rings. The molecule has 0 radical (unpaired) electrons. The summed E-state index contributed by atoms with van der Waals surface area (Å²) in [4.78, 5) is 12.6. The van der Waals surface area contributed by atoms with E-state index >= 15 is 0 Å². The maximum Gasteiger partial charge on any atom is 0.338 e. The van der Waals surface area contributed by atoms with Gasteiger partial charge in [-0.2, -0.15) is 0 Å². The van der Waals surface area contributed by atoms with Crippen molar-refractivity contribution in [2.24, 2.45) is 0 Å². The number of hydrogen-bond donors (Lipinski definition) is 1. The van der Waals surface area contributed by atoms with Gasteiger partial charge in [0.15, 0.2) is 0 Å². The number of nitrogens with one attached hydrogen (secondary N) is 1. The Labute approximate surface area is 127 Å². The van der Waals surface area contributed by atoms with Crippen LogP contribution in [-0.4, -0.2) is 21.0 Å². The van der Waals surface area contributed by atoms with Crippen molar-refractivity contribution < 1.29 is 17.9 Å². The molecule has 1 N–H and O–H groups in total. The number of rotatable bonds is 6. The van der Waals surface area contributed by atoms with Crippen LogP contribution in [0.3, 0.4) is 0 Å². The molecule has 2 rings (SSSR count). The van der Waals surface area contributed by atoms with Crippen molar-refractivity contribution in [3.05, 3.63) is 52.2 Å². The Morgan fingerprint density at radius 2 is 1.95 bits per heavy atom. The van der Waals surface area contributed by atoms with E-state index in [9.17, 15) is 13.2 Å². The molecule has 0 aliphatic carbocycles. The van der Waals surface area contributed by atoms with Crippen LogP contribution in [0.25, 0.3) is 0 Å². The first-order valence-corrected chi connectivity index (χ1v) is 8.68. The minimum absolute atomic E-state index is 0.118. The summed E-state index contributed by atoms with van der Waals surface area (Å²) >= 11 is 1.48. The lowest BCUT2D eigenvalue weighted by Crippen LogP contribution is -2.22. The molecule has 0 aliphatic rings. The number of sulfonamides is 1. The number of benzene rings is 1. The maximum absolute atomic E-state index is 12.1. The molecule has 0 amide bonds. The van der Waals surface area contributed by atoms with Crippen LogP contribution in [0.15, 0.2) is 46.7 Å². The molecule has 0 fully saturated rings. The van der Waals surface area contributed by atoms with Crippen LogP contribution < -0.4 is 4.72 Å². The van der Waals surface area contributed by atoms with Gasteiger partial charge in [0.1, 0.15) is 0 Å². The summed E-state index contributed by atoms with van der Waals surface area (Å²) < 4.78 is 31.6. The quantitative estimate of drug-likeness (QED) is 0.828. The molecule has 0 saturated carbocycles. The third kappa shape index (κ3) is 4.13.